The van der Waals surface area contributed by atoms with Crippen LogP contribution in [-0.4, -0.2) is 50.1 Å². The molecule has 2 amide bonds. The molecule has 1 aromatic heterocycles. The first-order chi connectivity index (χ1) is 15.3. The van der Waals surface area contributed by atoms with Gasteiger partial charge in [-0.15, -0.1) is 0 Å². The molecule has 0 aliphatic heterocycles. The number of halogens is 1. The summed E-state index contributed by atoms with van der Waals surface area (Å²) < 4.78 is 15.0. The monoisotopic (exact) mass is 459 g/mol. The normalized spacial score (nSPS) is 22.7. The highest BCUT2D eigenvalue weighted by Crippen LogP contribution is 2.29. The molecule has 9 heteroatoms. The summed E-state index contributed by atoms with van der Waals surface area (Å²) in [5, 5.41) is 25.1. The summed E-state index contributed by atoms with van der Waals surface area (Å²) in [6.45, 7) is 6.58. The topological polar surface area (TPSA) is 121 Å². The van der Waals surface area contributed by atoms with Gasteiger partial charge in [0.15, 0.2) is 0 Å². The lowest BCUT2D eigenvalue weighted by Crippen LogP contribution is -2.55. The van der Waals surface area contributed by atoms with Crippen LogP contribution < -0.4 is 10.6 Å². The van der Waals surface area contributed by atoms with E-state index in [9.17, 15) is 29.0 Å². The number of benzene rings is 1. The number of ketones is 1. The van der Waals surface area contributed by atoms with Gasteiger partial charge in [0.25, 0.3) is 17.6 Å². The minimum Gasteiger partial charge on any atom is -0.390 e. The highest BCUT2D eigenvalue weighted by molar-refractivity contribution is 6.43. The van der Waals surface area contributed by atoms with E-state index in [1.165, 1.54) is 22.8 Å². The highest BCUT2D eigenvalue weighted by Gasteiger charge is 2.39. The van der Waals surface area contributed by atoms with Gasteiger partial charge in [-0.3, -0.25) is 14.4 Å². The second-order valence-electron chi connectivity index (χ2n) is 9.13. The Bertz CT molecular complexity index is 1130. The maximum absolute atomic E-state index is 13.5. The van der Waals surface area contributed by atoms with Crippen LogP contribution in [-0.2, 0) is 11.8 Å². The number of Topliss-reactive ketones (excluding diaryl/α,β-unsaturated/α-hetero) is 1. The molecule has 1 aliphatic carbocycles. The maximum atomic E-state index is 13.5. The van der Waals surface area contributed by atoms with E-state index in [1.54, 1.807) is 34.7 Å². The molecule has 3 rings (SSSR count). The van der Waals surface area contributed by atoms with E-state index >= 15 is 0 Å². The standard InChI is InChI=1S/C24H30FN3O5/c1-12-10-15(6-7-16(12)25)26-22(32)19-13(2)20(28(5)14(19)3)21(31)23(33)27-24(4)9-8-17(29)18(30)11-24/h6-7,10,17-18,29-30H,8-9,11H2,1-5H3,(H,26,32)(H,27,33)/t17-,18+,24?/m1/s1. The molecular weight excluding hydrogens is 429 g/mol. The summed E-state index contributed by atoms with van der Waals surface area (Å²) >= 11 is 0. The Morgan fingerprint density at radius 1 is 1.15 bits per heavy atom. The van der Waals surface area contributed by atoms with Crippen molar-refractivity contribution >= 4 is 23.3 Å². The third-order valence-electron chi connectivity index (χ3n) is 6.51. The number of carbonyl (C=O) groups is 3. The Hall–Kier alpha value is -3.04. The molecule has 0 bridgehead atoms. The van der Waals surface area contributed by atoms with E-state index in [1.807, 2.05) is 0 Å². The van der Waals surface area contributed by atoms with Crippen LogP contribution in [0.5, 0.6) is 0 Å². The molecule has 1 saturated carbocycles. The van der Waals surface area contributed by atoms with Gasteiger partial charge in [-0.05, 0) is 76.3 Å². The van der Waals surface area contributed by atoms with Crippen molar-refractivity contribution in [1.82, 2.24) is 9.88 Å². The number of aromatic nitrogens is 1. The van der Waals surface area contributed by atoms with Crippen LogP contribution in [0.1, 0.15) is 63.9 Å². The lowest BCUT2D eigenvalue weighted by Gasteiger charge is -2.39. The quantitative estimate of drug-likeness (QED) is 0.404. The van der Waals surface area contributed by atoms with Crippen molar-refractivity contribution in [3.8, 4) is 0 Å². The molecular formula is C24H30FN3O5. The van der Waals surface area contributed by atoms with Gasteiger partial charge in [0, 0.05) is 24.0 Å². The van der Waals surface area contributed by atoms with Crippen molar-refractivity contribution in [1.29, 1.82) is 0 Å². The fraction of sp³-hybridized carbons (Fsp3) is 0.458. The van der Waals surface area contributed by atoms with Crippen molar-refractivity contribution < 1.29 is 29.0 Å². The number of rotatable bonds is 5. The number of carbonyl (C=O) groups excluding carboxylic acids is 3. The zero-order chi connectivity index (χ0) is 24.7. The van der Waals surface area contributed by atoms with Crippen molar-refractivity contribution in [3.05, 3.63) is 52.1 Å². The molecule has 0 radical (unpaired) electrons. The van der Waals surface area contributed by atoms with Gasteiger partial charge < -0.3 is 25.4 Å². The van der Waals surface area contributed by atoms with E-state index in [0.29, 0.717) is 35.3 Å². The van der Waals surface area contributed by atoms with Crippen LogP contribution >= 0.6 is 0 Å². The van der Waals surface area contributed by atoms with Crippen LogP contribution in [0.3, 0.4) is 0 Å². The number of hydrogen-bond donors (Lipinski definition) is 4. The number of nitrogens with one attached hydrogen (secondary N) is 2. The van der Waals surface area contributed by atoms with Gasteiger partial charge in [-0.1, -0.05) is 0 Å². The first-order valence-corrected chi connectivity index (χ1v) is 10.8. The Kier molecular flexibility index (Phi) is 6.76. The molecule has 4 N–H and O–H groups in total. The number of hydrogen-bond acceptors (Lipinski definition) is 5. The van der Waals surface area contributed by atoms with Crippen molar-refractivity contribution in [2.45, 2.75) is 64.7 Å². The van der Waals surface area contributed by atoms with E-state index in [-0.39, 0.29) is 23.5 Å². The van der Waals surface area contributed by atoms with E-state index in [2.05, 4.69) is 10.6 Å². The zero-order valence-corrected chi connectivity index (χ0v) is 19.5. The van der Waals surface area contributed by atoms with Gasteiger partial charge in [0.05, 0.1) is 23.5 Å². The first kappa shape index (κ1) is 24.6. The first-order valence-electron chi connectivity index (χ1n) is 10.8. The second kappa shape index (κ2) is 9.07. The summed E-state index contributed by atoms with van der Waals surface area (Å²) in [5.74, 6) is -2.49. The second-order valence-corrected chi connectivity index (χ2v) is 9.13. The van der Waals surface area contributed by atoms with E-state index < -0.39 is 35.3 Å². The molecule has 1 unspecified atom stereocenters. The molecule has 1 aliphatic rings. The third-order valence-corrected chi connectivity index (χ3v) is 6.51. The van der Waals surface area contributed by atoms with Crippen LogP contribution in [0.25, 0.3) is 0 Å². The highest BCUT2D eigenvalue weighted by atomic mass is 19.1. The number of nitrogens with zero attached hydrogens (tertiary/aromatic N) is 1. The van der Waals surface area contributed by atoms with Crippen LogP contribution in [0, 0.1) is 26.6 Å². The van der Waals surface area contributed by atoms with Crippen molar-refractivity contribution in [3.63, 3.8) is 0 Å². The Morgan fingerprint density at radius 2 is 1.82 bits per heavy atom. The van der Waals surface area contributed by atoms with E-state index in [0.717, 1.165) is 0 Å². The van der Waals surface area contributed by atoms with Gasteiger partial charge in [0.2, 0.25) is 0 Å². The number of aliphatic hydroxyl groups is 2. The predicted molar refractivity (Wildman–Crippen MR) is 121 cm³/mol. The summed E-state index contributed by atoms with van der Waals surface area (Å²) in [6, 6.07) is 4.22. The third kappa shape index (κ3) is 4.84. The molecule has 2 aromatic rings. The van der Waals surface area contributed by atoms with Gasteiger partial charge >= 0.3 is 0 Å². The van der Waals surface area contributed by atoms with Crippen LogP contribution in [0.2, 0.25) is 0 Å². The molecule has 0 spiro atoms. The zero-order valence-electron chi connectivity index (χ0n) is 19.5. The lowest BCUT2D eigenvalue weighted by atomic mass is 9.80. The molecule has 1 fully saturated rings. The fourth-order valence-corrected chi connectivity index (χ4v) is 4.46. The average molecular weight is 460 g/mol. The van der Waals surface area contributed by atoms with Gasteiger partial charge in [-0.25, -0.2) is 4.39 Å². The molecule has 178 valence electrons. The minimum absolute atomic E-state index is 0.0884. The Balaban J connectivity index is 1.83. The fourth-order valence-electron chi connectivity index (χ4n) is 4.46. The van der Waals surface area contributed by atoms with Crippen LogP contribution in [0.15, 0.2) is 18.2 Å². The number of aryl methyl sites for hydroxylation is 1. The molecule has 8 nitrogen and oxygen atoms in total. The maximum Gasteiger partial charge on any atom is 0.294 e. The SMILES string of the molecule is Cc1cc(NC(=O)c2c(C)c(C(=O)C(=O)NC3(C)CC[C@@H](O)[C@@H](O)C3)n(C)c2C)ccc1F. The predicted octanol–water partition coefficient (Wildman–Crippen LogP) is 2.31. The molecule has 1 aromatic carbocycles. The number of aliphatic hydroxyl groups excluding tert-OH is 2. The summed E-state index contributed by atoms with van der Waals surface area (Å²) in [6.07, 6.45) is -0.983. The average Bonchev–Trinajstić information content (AvgIpc) is 2.95. The minimum atomic E-state index is -0.983. The Labute approximate surface area is 191 Å². The lowest BCUT2D eigenvalue weighted by molar-refractivity contribution is -0.120. The molecule has 1 heterocycles. The van der Waals surface area contributed by atoms with Crippen molar-refractivity contribution in [2.24, 2.45) is 7.05 Å². The van der Waals surface area contributed by atoms with Crippen LogP contribution in [0.4, 0.5) is 10.1 Å². The summed E-state index contributed by atoms with van der Waals surface area (Å²) in [5.41, 5.74) is 1.18. The summed E-state index contributed by atoms with van der Waals surface area (Å²) in [7, 11) is 1.60. The molecule has 0 saturated heterocycles. The molecule has 3 atom stereocenters. The number of anilines is 1. The van der Waals surface area contributed by atoms with Crippen molar-refractivity contribution in [2.75, 3.05) is 5.32 Å². The summed E-state index contributed by atoms with van der Waals surface area (Å²) in [4.78, 5) is 38.8. The molecule has 33 heavy (non-hydrogen) atoms. The Morgan fingerprint density at radius 3 is 2.42 bits per heavy atom. The largest absolute Gasteiger partial charge is 0.390 e. The van der Waals surface area contributed by atoms with E-state index in [4.69, 9.17) is 0 Å². The number of amides is 2. The van der Waals surface area contributed by atoms with Gasteiger partial charge in [-0.2, -0.15) is 0 Å². The smallest absolute Gasteiger partial charge is 0.294 e. The van der Waals surface area contributed by atoms with Gasteiger partial charge in [0.1, 0.15) is 5.82 Å².